The number of rotatable bonds is 6. The third-order valence-corrected chi connectivity index (χ3v) is 6.41. The van der Waals surface area contributed by atoms with Crippen molar-refractivity contribution in [3.8, 4) is 5.75 Å². The van der Waals surface area contributed by atoms with Crippen LogP contribution in [0.3, 0.4) is 0 Å². The van der Waals surface area contributed by atoms with Crippen molar-refractivity contribution in [1.82, 2.24) is 0 Å². The molecule has 1 N–H and O–H groups in total. The Hall–Kier alpha value is -1.20. The quantitative estimate of drug-likeness (QED) is 0.702. The summed E-state index contributed by atoms with van der Waals surface area (Å²) in [5.41, 5.74) is -0.131. The molecule has 1 aromatic carbocycles. The van der Waals surface area contributed by atoms with Crippen molar-refractivity contribution in [1.29, 1.82) is 0 Å². The highest BCUT2D eigenvalue weighted by Crippen LogP contribution is 2.43. The van der Waals surface area contributed by atoms with Gasteiger partial charge in [-0.25, -0.2) is 4.39 Å². The Morgan fingerprint density at radius 2 is 1.81 bits per heavy atom. The van der Waals surface area contributed by atoms with Gasteiger partial charge in [-0.15, -0.1) is 0 Å². The molecule has 27 heavy (non-hydrogen) atoms. The zero-order valence-electron chi connectivity index (χ0n) is 16.5. The van der Waals surface area contributed by atoms with Gasteiger partial charge < -0.3 is 14.6 Å². The molecule has 2 fully saturated rings. The monoisotopic (exact) mass is 382 g/mol. The van der Waals surface area contributed by atoms with Gasteiger partial charge in [-0.05, 0) is 56.1 Å². The molecule has 1 saturated heterocycles. The van der Waals surface area contributed by atoms with E-state index in [-0.39, 0.29) is 24.3 Å². The van der Waals surface area contributed by atoms with Gasteiger partial charge >= 0.3 is 0 Å². The molecule has 2 aliphatic rings. The summed E-state index contributed by atoms with van der Waals surface area (Å²) in [5, 5.41) is 10.8. The summed E-state index contributed by atoms with van der Waals surface area (Å²) in [4.78, 5) is 0. The number of benzene rings is 1. The molecular formula is C22H32F2O3. The van der Waals surface area contributed by atoms with E-state index < -0.39 is 17.4 Å². The van der Waals surface area contributed by atoms with Crippen molar-refractivity contribution >= 4 is 0 Å². The molecule has 1 aliphatic heterocycles. The van der Waals surface area contributed by atoms with Crippen LogP contribution in [-0.4, -0.2) is 18.3 Å². The topological polar surface area (TPSA) is 38.7 Å². The van der Waals surface area contributed by atoms with E-state index in [1.54, 1.807) is 6.92 Å². The van der Waals surface area contributed by atoms with Crippen LogP contribution in [0.15, 0.2) is 12.1 Å². The van der Waals surface area contributed by atoms with Crippen molar-refractivity contribution in [2.24, 2.45) is 17.8 Å². The van der Waals surface area contributed by atoms with Gasteiger partial charge in [0.15, 0.2) is 17.4 Å². The predicted octanol–water partition coefficient (Wildman–Crippen LogP) is 5.54. The first-order valence-corrected chi connectivity index (χ1v) is 10.5. The van der Waals surface area contributed by atoms with E-state index in [9.17, 15) is 13.9 Å². The number of hydrogen-bond acceptors (Lipinski definition) is 3. The predicted molar refractivity (Wildman–Crippen MR) is 100 cm³/mol. The third kappa shape index (κ3) is 4.45. The van der Waals surface area contributed by atoms with Gasteiger partial charge in [0.2, 0.25) is 5.82 Å². The van der Waals surface area contributed by atoms with Gasteiger partial charge in [0.25, 0.3) is 0 Å². The molecule has 5 heteroatoms. The third-order valence-electron chi connectivity index (χ3n) is 6.41. The Morgan fingerprint density at radius 1 is 1.07 bits per heavy atom. The Kier molecular flexibility index (Phi) is 6.74. The fraction of sp³-hybridized carbons (Fsp3) is 0.727. The zero-order chi connectivity index (χ0) is 19.4. The Balaban J connectivity index is 1.62. The SMILES string of the molecule is CCCC1CCC(C2CCC(O)(c3ccc(OCC)c(F)c3F)OC2)CC1. The molecule has 3 rings (SSSR count). The summed E-state index contributed by atoms with van der Waals surface area (Å²) in [7, 11) is 0. The smallest absolute Gasteiger partial charge is 0.201 e. The summed E-state index contributed by atoms with van der Waals surface area (Å²) < 4.78 is 39.5. The van der Waals surface area contributed by atoms with Crippen LogP contribution in [0.4, 0.5) is 8.78 Å². The molecule has 0 bridgehead atoms. The van der Waals surface area contributed by atoms with Crippen LogP contribution in [-0.2, 0) is 10.5 Å². The summed E-state index contributed by atoms with van der Waals surface area (Å²) >= 11 is 0. The molecule has 0 radical (unpaired) electrons. The van der Waals surface area contributed by atoms with Gasteiger partial charge in [0, 0.05) is 12.0 Å². The molecule has 0 spiro atoms. The first kappa shape index (κ1) is 20.5. The average Bonchev–Trinajstić information content (AvgIpc) is 2.67. The molecule has 1 aromatic rings. The number of ether oxygens (including phenoxy) is 2. The maximum Gasteiger partial charge on any atom is 0.201 e. The molecule has 1 heterocycles. The minimum atomic E-state index is -1.76. The van der Waals surface area contributed by atoms with Crippen LogP contribution < -0.4 is 4.74 Å². The lowest BCUT2D eigenvalue weighted by atomic mass is 9.72. The first-order chi connectivity index (χ1) is 13.0. The fourth-order valence-electron chi connectivity index (χ4n) is 4.82. The van der Waals surface area contributed by atoms with E-state index >= 15 is 0 Å². The zero-order valence-corrected chi connectivity index (χ0v) is 16.5. The van der Waals surface area contributed by atoms with Crippen molar-refractivity contribution in [3.05, 3.63) is 29.3 Å². The molecule has 1 aliphatic carbocycles. The molecule has 2 unspecified atom stereocenters. The Bertz CT molecular complexity index is 618. The molecule has 3 nitrogen and oxygen atoms in total. The summed E-state index contributed by atoms with van der Waals surface area (Å²) in [5.74, 6) is -2.18. The van der Waals surface area contributed by atoms with Gasteiger partial charge in [-0.2, -0.15) is 4.39 Å². The van der Waals surface area contributed by atoms with Gasteiger partial charge in [0.05, 0.1) is 13.2 Å². The van der Waals surface area contributed by atoms with Crippen LogP contribution in [0.25, 0.3) is 0 Å². The first-order valence-electron chi connectivity index (χ1n) is 10.5. The summed E-state index contributed by atoms with van der Waals surface area (Å²) in [6.45, 7) is 4.59. The normalized spacial score (nSPS) is 31.7. The minimum Gasteiger partial charge on any atom is -0.491 e. The number of hydrogen-bond donors (Lipinski definition) is 1. The van der Waals surface area contributed by atoms with Crippen LogP contribution >= 0.6 is 0 Å². The van der Waals surface area contributed by atoms with Crippen LogP contribution in [0.2, 0.25) is 0 Å². The fourth-order valence-corrected chi connectivity index (χ4v) is 4.82. The highest BCUT2D eigenvalue weighted by Gasteiger charge is 2.41. The highest BCUT2D eigenvalue weighted by atomic mass is 19.2. The number of halogens is 2. The molecule has 0 aromatic heterocycles. The highest BCUT2D eigenvalue weighted by molar-refractivity contribution is 5.33. The molecule has 0 amide bonds. The molecule has 152 valence electrons. The van der Waals surface area contributed by atoms with Crippen molar-refractivity contribution < 1.29 is 23.4 Å². The lowest BCUT2D eigenvalue weighted by Crippen LogP contribution is -2.40. The van der Waals surface area contributed by atoms with Crippen LogP contribution in [0.1, 0.15) is 70.8 Å². The average molecular weight is 382 g/mol. The van der Waals surface area contributed by atoms with E-state index in [2.05, 4.69) is 6.92 Å². The standard InChI is InChI=1S/C22H32F2O3/c1-3-5-15-6-8-16(9-7-15)17-12-13-22(25,27-14-17)18-10-11-19(26-4-2)21(24)20(18)23/h10-11,15-17,25H,3-9,12-14H2,1-2H3. The molecule has 1 saturated carbocycles. The van der Waals surface area contributed by atoms with Gasteiger partial charge in [-0.1, -0.05) is 32.6 Å². The lowest BCUT2D eigenvalue weighted by molar-refractivity contribution is -0.251. The molecule has 2 atom stereocenters. The van der Waals surface area contributed by atoms with Gasteiger partial charge in [-0.3, -0.25) is 0 Å². The summed E-state index contributed by atoms with van der Waals surface area (Å²) in [6, 6.07) is 2.74. The van der Waals surface area contributed by atoms with Crippen molar-refractivity contribution in [3.63, 3.8) is 0 Å². The van der Waals surface area contributed by atoms with E-state index in [0.29, 0.717) is 18.4 Å². The lowest BCUT2D eigenvalue weighted by Gasteiger charge is -2.41. The second-order valence-electron chi connectivity index (χ2n) is 8.14. The summed E-state index contributed by atoms with van der Waals surface area (Å²) in [6.07, 6.45) is 8.60. The Labute approximate surface area is 161 Å². The second kappa shape index (κ2) is 8.87. The molecular weight excluding hydrogens is 350 g/mol. The van der Waals surface area contributed by atoms with Crippen molar-refractivity contribution in [2.45, 2.75) is 71.0 Å². The Morgan fingerprint density at radius 3 is 2.41 bits per heavy atom. The van der Waals surface area contributed by atoms with Gasteiger partial charge in [0.1, 0.15) is 0 Å². The minimum absolute atomic E-state index is 0.131. The number of aliphatic hydroxyl groups is 1. The van der Waals surface area contributed by atoms with E-state index in [1.807, 2.05) is 0 Å². The van der Waals surface area contributed by atoms with E-state index in [0.717, 1.165) is 12.3 Å². The largest absolute Gasteiger partial charge is 0.491 e. The maximum absolute atomic E-state index is 14.5. The van der Waals surface area contributed by atoms with E-state index in [1.165, 1.54) is 50.7 Å². The van der Waals surface area contributed by atoms with Crippen molar-refractivity contribution in [2.75, 3.05) is 13.2 Å². The van der Waals surface area contributed by atoms with E-state index in [4.69, 9.17) is 9.47 Å². The van der Waals surface area contributed by atoms with Crippen LogP contribution in [0, 0.1) is 29.4 Å². The van der Waals surface area contributed by atoms with Crippen LogP contribution in [0.5, 0.6) is 5.75 Å². The second-order valence-corrected chi connectivity index (χ2v) is 8.14. The maximum atomic E-state index is 14.5.